The van der Waals surface area contributed by atoms with Gasteiger partial charge in [0.25, 0.3) is 0 Å². The van der Waals surface area contributed by atoms with Gasteiger partial charge in [0.05, 0.1) is 35.9 Å². The van der Waals surface area contributed by atoms with Crippen molar-refractivity contribution >= 4 is 23.2 Å². The highest BCUT2D eigenvalue weighted by Gasteiger charge is 2.20. The van der Waals surface area contributed by atoms with Crippen molar-refractivity contribution in [3.8, 4) is 17.6 Å². The number of imidazole rings is 1. The molecule has 0 spiro atoms. The molecule has 1 fully saturated rings. The number of aromatic nitrogens is 2. The van der Waals surface area contributed by atoms with Crippen molar-refractivity contribution in [3.05, 3.63) is 89.2 Å². The third-order valence-corrected chi connectivity index (χ3v) is 6.34. The van der Waals surface area contributed by atoms with Crippen LogP contribution in [0.1, 0.15) is 48.2 Å². The van der Waals surface area contributed by atoms with E-state index in [-0.39, 0.29) is 6.10 Å². The number of methoxy groups -OCH3 is 1. The summed E-state index contributed by atoms with van der Waals surface area (Å²) in [6, 6.07) is 24.0. The van der Waals surface area contributed by atoms with Gasteiger partial charge < -0.3 is 14.0 Å². The second kappa shape index (κ2) is 9.84. The Labute approximate surface area is 199 Å². The van der Waals surface area contributed by atoms with E-state index in [1.807, 2.05) is 60.7 Å². The standard InChI is InChI=1S/C29H27N3O2/c1-33-27-12-6-7-23(29(27)34-24-8-2-3-9-24)17-18-28-31-25-10-4-5-11-26(25)32(28)20-22-15-13-21(19-30)14-16-22/h4-7,10-18,24H,2-3,8-9,20H2,1H3/b18-17+. The molecule has 5 heteroatoms. The predicted molar refractivity (Wildman–Crippen MR) is 135 cm³/mol. The van der Waals surface area contributed by atoms with Crippen LogP contribution in [-0.4, -0.2) is 22.8 Å². The van der Waals surface area contributed by atoms with Gasteiger partial charge in [-0.05, 0) is 73.7 Å². The second-order valence-corrected chi connectivity index (χ2v) is 8.59. The summed E-state index contributed by atoms with van der Waals surface area (Å²) in [7, 11) is 1.68. The fourth-order valence-electron chi connectivity index (χ4n) is 4.54. The molecule has 0 bridgehead atoms. The Morgan fingerprint density at radius 2 is 1.79 bits per heavy atom. The van der Waals surface area contributed by atoms with Crippen LogP contribution in [0, 0.1) is 11.3 Å². The molecule has 1 aliphatic carbocycles. The highest BCUT2D eigenvalue weighted by atomic mass is 16.5. The molecule has 1 aliphatic rings. The van der Waals surface area contributed by atoms with E-state index in [1.54, 1.807) is 7.11 Å². The summed E-state index contributed by atoms with van der Waals surface area (Å²) >= 11 is 0. The minimum Gasteiger partial charge on any atom is -0.493 e. The first-order valence-corrected chi connectivity index (χ1v) is 11.7. The molecule has 1 aromatic heterocycles. The van der Waals surface area contributed by atoms with Gasteiger partial charge >= 0.3 is 0 Å². The molecule has 1 heterocycles. The first kappa shape index (κ1) is 21.8. The number of nitrogens with zero attached hydrogens (tertiary/aromatic N) is 3. The Kier molecular flexibility index (Phi) is 6.31. The average Bonchev–Trinajstić information content (AvgIpc) is 3.52. The van der Waals surface area contributed by atoms with E-state index >= 15 is 0 Å². The lowest BCUT2D eigenvalue weighted by Crippen LogP contribution is -2.12. The Bertz CT molecular complexity index is 1360. The van der Waals surface area contributed by atoms with Crippen molar-refractivity contribution in [2.75, 3.05) is 7.11 Å². The summed E-state index contributed by atoms with van der Waals surface area (Å²) in [4.78, 5) is 4.88. The molecule has 0 N–H and O–H groups in total. The normalized spacial score (nSPS) is 14.0. The van der Waals surface area contributed by atoms with Crippen molar-refractivity contribution in [2.45, 2.75) is 38.3 Å². The van der Waals surface area contributed by atoms with Gasteiger partial charge in [-0.25, -0.2) is 4.98 Å². The van der Waals surface area contributed by atoms with Crippen LogP contribution in [0.4, 0.5) is 0 Å². The second-order valence-electron chi connectivity index (χ2n) is 8.59. The van der Waals surface area contributed by atoms with Crippen molar-refractivity contribution in [1.29, 1.82) is 5.26 Å². The minimum atomic E-state index is 0.240. The molecular formula is C29H27N3O2. The number of hydrogen-bond donors (Lipinski definition) is 0. The first-order chi connectivity index (χ1) is 16.7. The van der Waals surface area contributed by atoms with E-state index < -0.39 is 0 Å². The van der Waals surface area contributed by atoms with Crippen molar-refractivity contribution in [1.82, 2.24) is 9.55 Å². The van der Waals surface area contributed by atoms with Crippen LogP contribution in [0.2, 0.25) is 0 Å². The zero-order chi connectivity index (χ0) is 23.3. The Morgan fingerprint density at radius 3 is 2.56 bits per heavy atom. The van der Waals surface area contributed by atoms with Crippen molar-refractivity contribution < 1.29 is 9.47 Å². The van der Waals surface area contributed by atoms with Gasteiger partial charge in [0.15, 0.2) is 11.5 Å². The van der Waals surface area contributed by atoms with Crippen LogP contribution in [0.3, 0.4) is 0 Å². The molecule has 5 rings (SSSR count). The maximum absolute atomic E-state index is 9.10. The maximum atomic E-state index is 9.10. The summed E-state index contributed by atoms with van der Waals surface area (Å²) in [6.07, 6.45) is 8.94. The minimum absolute atomic E-state index is 0.240. The molecule has 0 saturated heterocycles. The van der Waals surface area contributed by atoms with Gasteiger partial charge in [0.2, 0.25) is 0 Å². The fraction of sp³-hybridized carbons (Fsp3) is 0.241. The van der Waals surface area contributed by atoms with E-state index in [4.69, 9.17) is 19.7 Å². The predicted octanol–water partition coefficient (Wildman–Crippen LogP) is 6.46. The van der Waals surface area contributed by atoms with Gasteiger partial charge in [-0.2, -0.15) is 5.26 Å². The van der Waals surface area contributed by atoms with Crippen LogP contribution in [-0.2, 0) is 6.54 Å². The number of fused-ring (bicyclic) bond motifs is 1. The molecule has 1 saturated carbocycles. The molecule has 4 aromatic rings. The van der Waals surface area contributed by atoms with E-state index in [0.717, 1.165) is 52.3 Å². The van der Waals surface area contributed by atoms with E-state index in [2.05, 4.69) is 28.8 Å². The molecular weight excluding hydrogens is 422 g/mol. The van der Waals surface area contributed by atoms with Gasteiger partial charge in [0, 0.05) is 12.1 Å². The summed E-state index contributed by atoms with van der Waals surface area (Å²) in [5, 5.41) is 9.10. The van der Waals surface area contributed by atoms with Gasteiger partial charge in [0.1, 0.15) is 5.82 Å². The number of benzene rings is 3. The third-order valence-electron chi connectivity index (χ3n) is 6.34. The number of para-hydroxylation sites is 3. The number of hydrogen-bond acceptors (Lipinski definition) is 4. The van der Waals surface area contributed by atoms with Crippen LogP contribution in [0.5, 0.6) is 11.5 Å². The summed E-state index contributed by atoms with van der Waals surface area (Å²) in [5.74, 6) is 2.41. The van der Waals surface area contributed by atoms with Crippen LogP contribution in [0.15, 0.2) is 66.7 Å². The largest absolute Gasteiger partial charge is 0.493 e. The maximum Gasteiger partial charge on any atom is 0.168 e. The van der Waals surface area contributed by atoms with Gasteiger partial charge in [-0.3, -0.25) is 0 Å². The zero-order valence-electron chi connectivity index (χ0n) is 19.3. The highest BCUT2D eigenvalue weighted by molar-refractivity contribution is 5.81. The highest BCUT2D eigenvalue weighted by Crippen LogP contribution is 2.36. The number of ether oxygens (including phenoxy) is 2. The Hall–Kier alpha value is -4.04. The quantitative estimate of drug-likeness (QED) is 0.325. The molecule has 0 unspecified atom stereocenters. The van der Waals surface area contributed by atoms with E-state index in [1.165, 1.54) is 12.8 Å². The van der Waals surface area contributed by atoms with E-state index in [9.17, 15) is 0 Å². The lowest BCUT2D eigenvalue weighted by Gasteiger charge is -2.18. The summed E-state index contributed by atoms with van der Waals surface area (Å²) in [5.41, 5.74) is 4.77. The molecule has 0 radical (unpaired) electrons. The molecule has 170 valence electrons. The molecule has 3 aromatic carbocycles. The summed E-state index contributed by atoms with van der Waals surface area (Å²) in [6.45, 7) is 0.662. The lowest BCUT2D eigenvalue weighted by molar-refractivity contribution is 0.200. The van der Waals surface area contributed by atoms with Crippen LogP contribution in [0.25, 0.3) is 23.2 Å². The summed E-state index contributed by atoms with van der Waals surface area (Å²) < 4.78 is 14.2. The Balaban J connectivity index is 1.51. The molecule has 0 amide bonds. The Morgan fingerprint density at radius 1 is 1.00 bits per heavy atom. The van der Waals surface area contributed by atoms with Gasteiger partial charge in [-0.15, -0.1) is 0 Å². The zero-order valence-corrected chi connectivity index (χ0v) is 19.3. The molecule has 0 aliphatic heterocycles. The van der Waals surface area contributed by atoms with Gasteiger partial charge in [-0.1, -0.05) is 36.4 Å². The average molecular weight is 450 g/mol. The van der Waals surface area contributed by atoms with Crippen molar-refractivity contribution in [2.24, 2.45) is 0 Å². The molecule has 34 heavy (non-hydrogen) atoms. The van der Waals surface area contributed by atoms with Crippen LogP contribution >= 0.6 is 0 Å². The van der Waals surface area contributed by atoms with Crippen molar-refractivity contribution in [3.63, 3.8) is 0 Å². The number of nitriles is 1. The topological polar surface area (TPSA) is 60.1 Å². The smallest absolute Gasteiger partial charge is 0.168 e. The number of rotatable bonds is 7. The lowest BCUT2D eigenvalue weighted by atomic mass is 10.1. The fourth-order valence-corrected chi connectivity index (χ4v) is 4.54. The first-order valence-electron chi connectivity index (χ1n) is 11.7. The SMILES string of the molecule is COc1cccc(/C=C/c2nc3ccccc3n2Cc2ccc(C#N)cc2)c1OC1CCCC1. The van der Waals surface area contributed by atoms with E-state index in [0.29, 0.717) is 12.1 Å². The molecule has 0 atom stereocenters. The molecule has 5 nitrogen and oxygen atoms in total. The third kappa shape index (κ3) is 4.53. The monoisotopic (exact) mass is 449 g/mol. The van der Waals surface area contributed by atoms with Crippen LogP contribution < -0.4 is 9.47 Å².